The lowest BCUT2D eigenvalue weighted by atomic mass is 10.0. The second-order valence-corrected chi connectivity index (χ2v) is 8.91. The Hall–Kier alpha value is -2.40. The molecule has 5 heteroatoms. The van der Waals surface area contributed by atoms with Crippen LogP contribution in [0.3, 0.4) is 0 Å². The van der Waals surface area contributed by atoms with Crippen LogP contribution < -0.4 is 4.90 Å². The molecule has 1 saturated heterocycles. The molecule has 0 N–H and O–H groups in total. The van der Waals surface area contributed by atoms with Gasteiger partial charge in [-0.25, -0.2) is 9.37 Å². The Balaban J connectivity index is 1.43. The van der Waals surface area contributed by atoms with E-state index in [0.29, 0.717) is 5.92 Å². The van der Waals surface area contributed by atoms with Crippen LogP contribution in [0, 0.1) is 5.82 Å². The average molecular weight is 407 g/mol. The van der Waals surface area contributed by atoms with Gasteiger partial charge in [0.2, 0.25) is 0 Å². The SMILES string of the molecule is CCCC[C@@H]1CCn2c1nc1ccc(-c3ccc(N4CCN(C)CC4)c(F)c3)cc12. The monoisotopic (exact) mass is 406 g/mol. The molecule has 0 bridgehead atoms. The van der Waals surface area contributed by atoms with E-state index in [1.165, 1.54) is 37.0 Å². The zero-order valence-electron chi connectivity index (χ0n) is 18.1. The normalized spacial score (nSPS) is 19.6. The summed E-state index contributed by atoms with van der Waals surface area (Å²) in [6, 6.07) is 12.1. The van der Waals surface area contributed by atoms with Crippen molar-refractivity contribution in [1.82, 2.24) is 14.5 Å². The molecule has 0 unspecified atom stereocenters. The van der Waals surface area contributed by atoms with Gasteiger partial charge in [0.25, 0.3) is 0 Å². The third-order valence-corrected chi connectivity index (χ3v) is 6.88. The molecule has 3 heterocycles. The van der Waals surface area contributed by atoms with Gasteiger partial charge in [0.1, 0.15) is 11.6 Å². The summed E-state index contributed by atoms with van der Waals surface area (Å²) in [5.41, 5.74) is 4.96. The van der Waals surface area contributed by atoms with Crippen LogP contribution in [0.15, 0.2) is 36.4 Å². The van der Waals surface area contributed by atoms with E-state index in [1.54, 1.807) is 6.07 Å². The summed E-state index contributed by atoms with van der Waals surface area (Å²) in [5, 5.41) is 0. The maximum atomic E-state index is 15.0. The van der Waals surface area contributed by atoms with Gasteiger partial charge in [0.05, 0.1) is 16.7 Å². The number of anilines is 1. The first-order valence-corrected chi connectivity index (χ1v) is 11.4. The quantitative estimate of drug-likeness (QED) is 0.577. The first-order valence-electron chi connectivity index (χ1n) is 11.4. The zero-order valence-corrected chi connectivity index (χ0v) is 18.1. The molecule has 0 amide bonds. The number of imidazole rings is 1. The van der Waals surface area contributed by atoms with Crippen LogP contribution in [-0.2, 0) is 6.54 Å². The number of aromatic nitrogens is 2. The Morgan fingerprint density at radius 1 is 1.00 bits per heavy atom. The molecule has 30 heavy (non-hydrogen) atoms. The lowest BCUT2D eigenvalue weighted by molar-refractivity contribution is 0.311. The van der Waals surface area contributed by atoms with Crippen molar-refractivity contribution >= 4 is 16.7 Å². The molecule has 2 aliphatic rings. The van der Waals surface area contributed by atoms with E-state index in [9.17, 15) is 4.39 Å². The number of rotatable bonds is 5. The lowest BCUT2D eigenvalue weighted by Crippen LogP contribution is -2.44. The van der Waals surface area contributed by atoms with E-state index in [0.717, 1.165) is 55.1 Å². The standard InChI is InChI=1S/C25H31FN4/c1-3-4-5-18-10-11-30-24-17-20(6-8-22(24)27-25(18)30)19-7-9-23(21(26)16-19)29-14-12-28(2)13-15-29/h6-9,16-18H,3-5,10-15H2,1-2H3/t18-/m1/s1. The van der Waals surface area contributed by atoms with Crippen molar-refractivity contribution < 1.29 is 4.39 Å². The first kappa shape index (κ1) is 19.6. The van der Waals surface area contributed by atoms with Gasteiger partial charge < -0.3 is 14.4 Å². The van der Waals surface area contributed by atoms with Crippen LogP contribution >= 0.6 is 0 Å². The molecule has 1 aromatic heterocycles. The van der Waals surface area contributed by atoms with Crippen molar-refractivity contribution in [3.8, 4) is 11.1 Å². The van der Waals surface area contributed by atoms with E-state index in [2.05, 4.69) is 52.6 Å². The Morgan fingerprint density at radius 2 is 1.77 bits per heavy atom. The third kappa shape index (κ3) is 3.49. The predicted molar refractivity (Wildman–Crippen MR) is 122 cm³/mol. The zero-order chi connectivity index (χ0) is 20.7. The molecule has 0 saturated carbocycles. The summed E-state index contributed by atoms with van der Waals surface area (Å²) in [7, 11) is 2.12. The maximum absolute atomic E-state index is 15.0. The summed E-state index contributed by atoms with van der Waals surface area (Å²) < 4.78 is 17.4. The van der Waals surface area contributed by atoms with Gasteiger partial charge in [-0.15, -0.1) is 0 Å². The molecule has 1 fully saturated rings. The van der Waals surface area contributed by atoms with Gasteiger partial charge in [-0.1, -0.05) is 31.9 Å². The van der Waals surface area contributed by atoms with E-state index < -0.39 is 0 Å². The van der Waals surface area contributed by atoms with Gasteiger partial charge >= 0.3 is 0 Å². The number of hydrogen-bond donors (Lipinski definition) is 0. The van der Waals surface area contributed by atoms with Crippen molar-refractivity contribution in [1.29, 1.82) is 0 Å². The molecular weight excluding hydrogens is 375 g/mol. The summed E-state index contributed by atoms with van der Waals surface area (Å²) in [6.45, 7) is 6.99. The van der Waals surface area contributed by atoms with Gasteiger partial charge in [-0.2, -0.15) is 0 Å². The van der Waals surface area contributed by atoms with Crippen LogP contribution in [0.5, 0.6) is 0 Å². The van der Waals surface area contributed by atoms with Gasteiger partial charge in [0, 0.05) is 38.6 Å². The highest BCUT2D eigenvalue weighted by Crippen LogP contribution is 2.36. The molecular formula is C25H31FN4. The molecule has 2 aliphatic heterocycles. The fourth-order valence-corrected chi connectivity index (χ4v) is 5.00. The third-order valence-electron chi connectivity index (χ3n) is 6.88. The largest absolute Gasteiger partial charge is 0.367 e. The van der Waals surface area contributed by atoms with E-state index >= 15 is 0 Å². The van der Waals surface area contributed by atoms with E-state index in [-0.39, 0.29) is 5.82 Å². The Kier molecular flexibility index (Phi) is 5.23. The molecule has 5 rings (SSSR count). The Morgan fingerprint density at radius 3 is 2.53 bits per heavy atom. The highest BCUT2D eigenvalue weighted by molar-refractivity contribution is 5.83. The highest BCUT2D eigenvalue weighted by Gasteiger charge is 2.26. The van der Waals surface area contributed by atoms with Crippen LogP contribution in [-0.4, -0.2) is 47.7 Å². The minimum atomic E-state index is -0.129. The fraction of sp³-hybridized carbons (Fsp3) is 0.480. The Bertz CT molecular complexity index is 1050. The number of likely N-dealkylation sites (N-methyl/N-ethyl adjacent to an activating group) is 1. The smallest absolute Gasteiger partial charge is 0.147 e. The molecule has 158 valence electrons. The minimum Gasteiger partial charge on any atom is -0.367 e. The second kappa shape index (κ2) is 8.03. The van der Waals surface area contributed by atoms with Crippen LogP contribution in [0.1, 0.15) is 44.3 Å². The highest BCUT2D eigenvalue weighted by atomic mass is 19.1. The summed E-state index contributed by atoms with van der Waals surface area (Å²) in [5.74, 6) is 1.70. The van der Waals surface area contributed by atoms with Crippen molar-refractivity contribution in [2.75, 3.05) is 38.1 Å². The molecule has 4 nitrogen and oxygen atoms in total. The van der Waals surface area contributed by atoms with Crippen molar-refractivity contribution in [3.05, 3.63) is 48.0 Å². The second-order valence-electron chi connectivity index (χ2n) is 8.91. The minimum absolute atomic E-state index is 0.129. The number of unbranched alkanes of at least 4 members (excludes halogenated alkanes) is 1. The maximum Gasteiger partial charge on any atom is 0.147 e. The average Bonchev–Trinajstić information content (AvgIpc) is 3.32. The first-order chi connectivity index (χ1) is 14.6. The van der Waals surface area contributed by atoms with Crippen molar-refractivity contribution in [2.45, 2.75) is 45.1 Å². The topological polar surface area (TPSA) is 24.3 Å². The predicted octanol–water partition coefficient (Wildman–Crippen LogP) is 5.27. The van der Waals surface area contributed by atoms with Crippen LogP contribution in [0.4, 0.5) is 10.1 Å². The number of hydrogen-bond acceptors (Lipinski definition) is 3. The fourth-order valence-electron chi connectivity index (χ4n) is 5.00. The summed E-state index contributed by atoms with van der Waals surface area (Å²) in [4.78, 5) is 9.38. The molecule has 3 aromatic rings. The summed E-state index contributed by atoms with van der Waals surface area (Å²) >= 11 is 0. The molecule has 2 aromatic carbocycles. The number of aryl methyl sites for hydroxylation is 1. The van der Waals surface area contributed by atoms with Gasteiger partial charge in [-0.3, -0.25) is 0 Å². The molecule has 0 radical (unpaired) electrons. The van der Waals surface area contributed by atoms with Crippen molar-refractivity contribution in [3.63, 3.8) is 0 Å². The lowest BCUT2D eigenvalue weighted by Gasteiger charge is -2.34. The van der Waals surface area contributed by atoms with E-state index in [4.69, 9.17) is 4.98 Å². The van der Waals surface area contributed by atoms with Crippen LogP contribution in [0.2, 0.25) is 0 Å². The molecule has 0 spiro atoms. The van der Waals surface area contributed by atoms with E-state index in [1.807, 2.05) is 6.07 Å². The molecule has 0 aliphatic carbocycles. The number of benzene rings is 2. The Labute approximate surface area is 178 Å². The summed E-state index contributed by atoms with van der Waals surface area (Å²) in [6.07, 6.45) is 4.91. The van der Waals surface area contributed by atoms with Gasteiger partial charge in [0.15, 0.2) is 0 Å². The van der Waals surface area contributed by atoms with Crippen LogP contribution in [0.25, 0.3) is 22.2 Å². The number of halogens is 1. The van der Waals surface area contributed by atoms with Gasteiger partial charge in [-0.05, 0) is 55.3 Å². The number of fused-ring (bicyclic) bond motifs is 3. The number of piperazine rings is 1. The molecule has 1 atom stereocenters. The number of nitrogens with zero attached hydrogens (tertiary/aromatic N) is 4. The van der Waals surface area contributed by atoms with Crippen molar-refractivity contribution in [2.24, 2.45) is 0 Å².